The van der Waals surface area contributed by atoms with E-state index in [1.807, 2.05) is 6.92 Å². The van der Waals surface area contributed by atoms with Crippen LogP contribution in [0.1, 0.15) is 33.1 Å². The number of amides is 2. The maximum Gasteiger partial charge on any atom is 0.309 e. The smallest absolute Gasteiger partial charge is 0.309 e. The molecule has 2 rings (SSSR count). The zero-order valence-electron chi connectivity index (χ0n) is 12.4. The molecule has 2 aliphatic rings. The monoisotopic (exact) mass is 284 g/mol. The lowest BCUT2D eigenvalue weighted by Crippen LogP contribution is -2.54. The van der Waals surface area contributed by atoms with Crippen molar-refractivity contribution in [2.45, 2.75) is 51.4 Å². The third kappa shape index (κ3) is 3.49. The van der Waals surface area contributed by atoms with Crippen LogP contribution in [0.25, 0.3) is 0 Å². The van der Waals surface area contributed by atoms with Gasteiger partial charge >= 0.3 is 11.8 Å². The average Bonchev–Trinajstić information content (AvgIpc) is 2.77. The van der Waals surface area contributed by atoms with E-state index >= 15 is 0 Å². The summed E-state index contributed by atoms with van der Waals surface area (Å²) in [6, 6.07) is 0.0991. The summed E-state index contributed by atoms with van der Waals surface area (Å²) in [5.74, 6) is -1.15. The maximum atomic E-state index is 11.7. The third-order valence-corrected chi connectivity index (χ3v) is 4.25. The van der Waals surface area contributed by atoms with E-state index in [0.29, 0.717) is 12.6 Å². The highest BCUT2D eigenvalue weighted by molar-refractivity contribution is 6.35. The highest BCUT2D eigenvalue weighted by Gasteiger charge is 2.49. The van der Waals surface area contributed by atoms with Crippen LogP contribution < -0.4 is 10.6 Å². The van der Waals surface area contributed by atoms with Gasteiger partial charge in [-0.25, -0.2) is 0 Å². The van der Waals surface area contributed by atoms with Crippen molar-refractivity contribution < 1.29 is 19.1 Å². The first kappa shape index (κ1) is 15.3. The fourth-order valence-electron chi connectivity index (χ4n) is 3.07. The Labute approximate surface area is 119 Å². The summed E-state index contributed by atoms with van der Waals surface area (Å²) < 4.78 is 10.6. The summed E-state index contributed by atoms with van der Waals surface area (Å²) in [5.41, 5.74) is 0.235. The van der Waals surface area contributed by atoms with Gasteiger partial charge in [0.2, 0.25) is 0 Å². The van der Waals surface area contributed by atoms with Crippen LogP contribution >= 0.6 is 0 Å². The first-order valence-electron chi connectivity index (χ1n) is 7.17. The Kier molecular flexibility index (Phi) is 4.65. The Morgan fingerprint density at radius 1 is 1.35 bits per heavy atom. The predicted molar refractivity (Wildman–Crippen MR) is 73.1 cm³/mol. The molecule has 2 atom stereocenters. The summed E-state index contributed by atoms with van der Waals surface area (Å²) in [7, 11) is 1.56. The van der Waals surface area contributed by atoms with Gasteiger partial charge in [-0.2, -0.15) is 0 Å². The van der Waals surface area contributed by atoms with Crippen LogP contribution in [0.4, 0.5) is 0 Å². The van der Waals surface area contributed by atoms with Gasteiger partial charge in [-0.05, 0) is 33.1 Å². The largest absolute Gasteiger partial charge is 0.380 e. The first-order chi connectivity index (χ1) is 9.44. The minimum atomic E-state index is -0.592. The van der Waals surface area contributed by atoms with Crippen LogP contribution in [-0.2, 0) is 19.1 Å². The number of nitrogens with one attached hydrogen (secondary N) is 2. The molecule has 6 heteroatoms. The van der Waals surface area contributed by atoms with Crippen molar-refractivity contribution in [3.8, 4) is 0 Å². The number of rotatable bonds is 4. The van der Waals surface area contributed by atoms with E-state index in [0.717, 1.165) is 25.9 Å². The van der Waals surface area contributed by atoms with E-state index in [9.17, 15) is 9.59 Å². The molecule has 1 unspecified atom stereocenters. The fourth-order valence-corrected chi connectivity index (χ4v) is 3.07. The first-order valence-corrected chi connectivity index (χ1v) is 7.17. The Bertz CT molecular complexity index is 379. The van der Waals surface area contributed by atoms with Crippen LogP contribution in [0, 0.1) is 5.41 Å². The minimum Gasteiger partial charge on any atom is -0.380 e. The summed E-state index contributed by atoms with van der Waals surface area (Å²) in [4.78, 5) is 23.3. The molecule has 1 aliphatic carbocycles. The molecule has 1 heterocycles. The molecule has 2 N–H and O–H groups in total. The van der Waals surface area contributed by atoms with Gasteiger partial charge in [0, 0.05) is 25.1 Å². The lowest BCUT2D eigenvalue weighted by atomic mass is 9.64. The fraction of sp³-hybridized carbons (Fsp3) is 0.857. The van der Waals surface area contributed by atoms with Crippen LogP contribution in [0.5, 0.6) is 0 Å². The molecule has 0 aromatic heterocycles. The van der Waals surface area contributed by atoms with E-state index in [4.69, 9.17) is 9.47 Å². The van der Waals surface area contributed by atoms with E-state index in [1.165, 1.54) is 0 Å². The van der Waals surface area contributed by atoms with Crippen molar-refractivity contribution in [2.75, 3.05) is 20.3 Å². The zero-order valence-corrected chi connectivity index (χ0v) is 12.4. The number of methoxy groups -OCH3 is 1. The number of carbonyl (C=O) groups is 2. The second kappa shape index (κ2) is 6.10. The number of hydrogen-bond acceptors (Lipinski definition) is 4. The molecule has 20 heavy (non-hydrogen) atoms. The molecule has 1 spiro atoms. The maximum absolute atomic E-state index is 11.7. The Hall–Kier alpha value is -1.14. The standard InChI is InChI=1S/C14H24N2O4/c1-9-4-14(8-20-9)5-11(6-14)16-13(18)12(17)15-7-10(2)19-3/h9-11H,4-8H2,1-3H3,(H,15,17)(H,16,18)/t9?,10-,11?,14?/m0/s1. The number of carbonyl (C=O) groups excluding carboxylic acids is 2. The highest BCUT2D eigenvalue weighted by Crippen LogP contribution is 2.49. The van der Waals surface area contributed by atoms with E-state index < -0.39 is 11.8 Å². The molecule has 2 amide bonds. The van der Waals surface area contributed by atoms with Crippen molar-refractivity contribution in [2.24, 2.45) is 5.41 Å². The second-order valence-electron chi connectivity index (χ2n) is 6.16. The van der Waals surface area contributed by atoms with Crippen molar-refractivity contribution in [1.29, 1.82) is 0 Å². The van der Waals surface area contributed by atoms with Crippen molar-refractivity contribution in [3.05, 3.63) is 0 Å². The van der Waals surface area contributed by atoms with Gasteiger partial charge < -0.3 is 20.1 Å². The van der Waals surface area contributed by atoms with Crippen LogP contribution in [0.2, 0.25) is 0 Å². The average molecular weight is 284 g/mol. The molecule has 0 radical (unpaired) electrons. The second-order valence-corrected chi connectivity index (χ2v) is 6.16. The molecular formula is C14H24N2O4. The Morgan fingerprint density at radius 2 is 2.05 bits per heavy atom. The predicted octanol–water partition coefficient (Wildman–Crippen LogP) is 0.211. The Morgan fingerprint density at radius 3 is 2.60 bits per heavy atom. The molecule has 1 saturated heterocycles. The molecule has 0 aromatic carbocycles. The van der Waals surface area contributed by atoms with Gasteiger partial charge in [-0.15, -0.1) is 0 Å². The molecular weight excluding hydrogens is 260 g/mol. The van der Waals surface area contributed by atoms with Gasteiger partial charge in [0.15, 0.2) is 0 Å². The van der Waals surface area contributed by atoms with E-state index in [-0.39, 0.29) is 17.6 Å². The summed E-state index contributed by atoms with van der Waals surface area (Å²) in [6.07, 6.45) is 3.08. The molecule has 0 aromatic rings. The highest BCUT2D eigenvalue weighted by atomic mass is 16.5. The zero-order chi connectivity index (χ0) is 14.8. The third-order valence-electron chi connectivity index (χ3n) is 4.25. The van der Waals surface area contributed by atoms with Gasteiger partial charge in [0.05, 0.1) is 18.8 Å². The minimum absolute atomic E-state index is 0.0991. The molecule has 1 saturated carbocycles. The summed E-state index contributed by atoms with van der Waals surface area (Å²) in [6.45, 7) is 5.01. The molecule has 6 nitrogen and oxygen atoms in total. The van der Waals surface area contributed by atoms with Crippen molar-refractivity contribution in [3.63, 3.8) is 0 Å². The van der Waals surface area contributed by atoms with Gasteiger partial charge in [-0.1, -0.05) is 0 Å². The normalized spacial score (nSPS) is 33.5. The van der Waals surface area contributed by atoms with Crippen molar-refractivity contribution in [1.82, 2.24) is 10.6 Å². The van der Waals surface area contributed by atoms with Crippen LogP contribution in [0.3, 0.4) is 0 Å². The lowest BCUT2D eigenvalue weighted by Gasteiger charge is -2.44. The molecule has 114 valence electrons. The van der Waals surface area contributed by atoms with E-state index in [1.54, 1.807) is 7.11 Å². The number of ether oxygens (including phenoxy) is 2. The van der Waals surface area contributed by atoms with Crippen molar-refractivity contribution >= 4 is 11.8 Å². The molecule has 2 fully saturated rings. The topological polar surface area (TPSA) is 76.7 Å². The Balaban J connectivity index is 1.67. The van der Waals surface area contributed by atoms with Gasteiger partial charge in [-0.3, -0.25) is 9.59 Å². The quantitative estimate of drug-likeness (QED) is 0.724. The van der Waals surface area contributed by atoms with Crippen LogP contribution in [-0.4, -0.2) is 50.3 Å². The summed E-state index contributed by atoms with van der Waals surface area (Å²) >= 11 is 0. The van der Waals surface area contributed by atoms with Gasteiger partial charge in [0.1, 0.15) is 0 Å². The molecule has 1 aliphatic heterocycles. The number of hydrogen-bond donors (Lipinski definition) is 2. The lowest BCUT2D eigenvalue weighted by molar-refractivity contribution is -0.140. The van der Waals surface area contributed by atoms with Gasteiger partial charge in [0.25, 0.3) is 0 Å². The summed E-state index contributed by atoms with van der Waals surface area (Å²) in [5, 5.41) is 5.33. The SMILES string of the molecule is CO[C@@H](C)CNC(=O)C(=O)NC1CC2(COC(C)C2)C1. The molecule has 0 bridgehead atoms. The van der Waals surface area contributed by atoms with E-state index in [2.05, 4.69) is 17.6 Å². The van der Waals surface area contributed by atoms with Crippen LogP contribution in [0.15, 0.2) is 0 Å².